The predicted molar refractivity (Wildman–Crippen MR) is 197 cm³/mol. The van der Waals surface area contributed by atoms with Crippen molar-refractivity contribution >= 4 is 38.8 Å². The molecule has 2 unspecified atom stereocenters. The summed E-state index contributed by atoms with van der Waals surface area (Å²) in [5.74, 6) is -0.123. The highest BCUT2D eigenvalue weighted by Crippen LogP contribution is 2.44. The fraction of sp³-hybridized carbons (Fsp3) is 0.0909. The van der Waals surface area contributed by atoms with Crippen LogP contribution >= 0.6 is 0 Å². The zero-order valence-corrected chi connectivity index (χ0v) is 26.8. The zero-order chi connectivity index (χ0) is 32.8. The molecule has 2 heterocycles. The summed E-state index contributed by atoms with van der Waals surface area (Å²) >= 11 is 0. The Morgan fingerprint density at radius 3 is 2.00 bits per heavy atom. The maximum atomic E-state index is 10.6. The number of hydrogen-bond acceptors (Lipinski definition) is 2. The number of allylic oxidation sites excluding steroid dienone is 5. The van der Waals surface area contributed by atoms with Crippen LogP contribution in [-0.2, 0) is 0 Å². The van der Waals surface area contributed by atoms with Gasteiger partial charge in [0.15, 0.2) is 0 Å². The Morgan fingerprint density at radius 1 is 0.667 bits per heavy atom. The van der Waals surface area contributed by atoms with Gasteiger partial charge in [0, 0.05) is 33.3 Å². The Hall–Kier alpha value is -6.36. The molecule has 8 rings (SSSR count). The van der Waals surface area contributed by atoms with Crippen molar-refractivity contribution in [1.29, 1.82) is 10.5 Å². The summed E-state index contributed by atoms with van der Waals surface area (Å²) in [5.41, 5.74) is 10.5. The topological polar surface area (TPSA) is 57.4 Å². The molecule has 48 heavy (non-hydrogen) atoms. The minimum Gasteiger partial charge on any atom is -0.333 e. The normalized spacial score (nSPS) is 15.8. The number of benzene rings is 5. The van der Waals surface area contributed by atoms with Gasteiger partial charge in [0.2, 0.25) is 0 Å². The van der Waals surface area contributed by atoms with Crippen LogP contribution in [0.2, 0.25) is 0 Å². The molecule has 2 aromatic heterocycles. The van der Waals surface area contributed by atoms with Crippen molar-refractivity contribution in [3.8, 4) is 29.0 Å². The summed E-state index contributed by atoms with van der Waals surface area (Å²) in [6, 6.07) is 42.2. The fourth-order valence-electron chi connectivity index (χ4n) is 7.69. The fourth-order valence-corrected chi connectivity index (χ4v) is 7.69. The van der Waals surface area contributed by atoms with Crippen LogP contribution in [0.5, 0.6) is 0 Å². The third-order valence-corrected chi connectivity index (χ3v) is 9.75. The number of rotatable bonds is 5. The molecule has 0 bridgehead atoms. The number of aryl methyl sites for hydroxylation is 1. The SMILES string of the molecule is C/C=C\c1c(C)c2ccccc2n1C1C=CC=CC1c1c(C#N)cccc1-c1ccc(-n2c3ccccc3c3ccccc32)c(C#N)c1. The molecule has 0 saturated heterocycles. The molecule has 0 radical (unpaired) electrons. The molecule has 228 valence electrons. The highest BCUT2D eigenvalue weighted by atomic mass is 15.0. The first-order chi connectivity index (χ1) is 23.6. The molecule has 1 aliphatic rings. The van der Waals surface area contributed by atoms with Crippen LogP contribution in [-0.4, -0.2) is 9.13 Å². The Kier molecular flexibility index (Phi) is 7.13. The average Bonchev–Trinajstić information content (AvgIpc) is 3.62. The van der Waals surface area contributed by atoms with Gasteiger partial charge in [-0.15, -0.1) is 0 Å². The van der Waals surface area contributed by atoms with Gasteiger partial charge in [0.05, 0.1) is 40.0 Å². The molecular formula is C44H32N4. The Labute approximate surface area is 280 Å². The van der Waals surface area contributed by atoms with Crippen molar-refractivity contribution in [3.63, 3.8) is 0 Å². The lowest BCUT2D eigenvalue weighted by Gasteiger charge is -2.30. The lowest BCUT2D eigenvalue weighted by atomic mass is 9.80. The van der Waals surface area contributed by atoms with Crippen molar-refractivity contribution in [3.05, 3.63) is 168 Å². The van der Waals surface area contributed by atoms with E-state index in [0.717, 1.165) is 55.4 Å². The molecule has 2 atom stereocenters. The first-order valence-electron chi connectivity index (χ1n) is 16.3. The van der Waals surface area contributed by atoms with E-state index in [9.17, 15) is 10.5 Å². The molecule has 7 aromatic rings. The Morgan fingerprint density at radius 2 is 1.31 bits per heavy atom. The number of fused-ring (bicyclic) bond motifs is 4. The highest BCUT2D eigenvalue weighted by Gasteiger charge is 2.30. The summed E-state index contributed by atoms with van der Waals surface area (Å²) in [6.07, 6.45) is 12.9. The van der Waals surface area contributed by atoms with E-state index in [-0.39, 0.29) is 12.0 Å². The summed E-state index contributed by atoms with van der Waals surface area (Å²) in [7, 11) is 0. The second-order valence-corrected chi connectivity index (χ2v) is 12.3. The summed E-state index contributed by atoms with van der Waals surface area (Å²) < 4.78 is 4.60. The predicted octanol–water partition coefficient (Wildman–Crippen LogP) is 10.9. The molecule has 0 amide bonds. The van der Waals surface area contributed by atoms with Gasteiger partial charge in [-0.25, -0.2) is 0 Å². The molecule has 1 aliphatic carbocycles. The van der Waals surface area contributed by atoms with Gasteiger partial charge in [-0.1, -0.05) is 103 Å². The maximum Gasteiger partial charge on any atom is 0.101 e. The molecule has 0 saturated carbocycles. The standard InChI is InChI=1S/C44H32N4/c1-3-13-38-29(2)33-15-4-8-20-40(33)47(38)43-23-11-7-18-37(43)44-31(27-45)14-12-19-34(44)30-24-25-39(32(26-30)28-46)48-41-21-9-5-16-35(41)36-17-6-10-22-42(36)48/h3-26,37,43H,1-2H3/b13-3-. The van der Waals surface area contributed by atoms with Crippen molar-refractivity contribution < 1.29 is 0 Å². The molecule has 5 aromatic carbocycles. The van der Waals surface area contributed by atoms with Gasteiger partial charge in [-0.2, -0.15) is 10.5 Å². The Balaban J connectivity index is 1.32. The number of nitriles is 2. The van der Waals surface area contributed by atoms with Crippen LogP contribution in [0.4, 0.5) is 0 Å². The van der Waals surface area contributed by atoms with Crippen molar-refractivity contribution in [2.45, 2.75) is 25.8 Å². The van der Waals surface area contributed by atoms with Gasteiger partial charge in [-0.3, -0.25) is 0 Å². The van der Waals surface area contributed by atoms with Crippen LogP contribution in [0.15, 0.2) is 140 Å². The second-order valence-electron chi connectivity index (χ2n) is 12.3. The molecule has 4 nitrogen and oxygen atoms in total. The third kappa shape index (κ3) is 4.43. The van der Waals surface area contributed by atoms with Crippen LogP contribution in [0.1, 0.15) is 46.8 Å². The van der Waals surface area contributed by atoms with E-state index in [0.29, 0.717) is 11.1 Å². The van der Waals surface area contributed by atoms with E-state index in [4.69, 9.17) is 0 Å². The average molecular weight is 617 g/mol. The number of para-hydroxylation sites is 3. The number of nitrogens with zero attached hydrogens (tertiary/aromatic N) is 4. The van der Waals surface area contributed by atoms with Gasteiger partial charge >= 0.3 is 0 Å². The third-order valence-electron chi connectivity index (χ3n) is 9.75. The van der Waals surface area contributed by atoms with E-state index in [2.05, 4.69) is 150 Å². The van der Waals surface area contributed by atoms with Crippen LogP contribution < -0.4 is 0 Å². The largest absolute Gasteiger partial charge is 0.333 e. The van der Waals surface area contributed by atoms with Gasteiger partial charge in [0.1, 0.15) is 6.07 Å². The van der Waals surface area contributed by atoms with Gasteiger partial charge in [0.25, 0.3) is 0 Å². The lowest BCUT2D eigenvalue weighted by molar-refractivity contribution is 0.558. The zero-order valence-electron chi connectivity index (χ0n) is 26.8. The van der Waals surface area contributed by atoms with Crippen LogP contribution in [0, 0.1) is 29.6 Å². The minimum atomic E-state index is -0.123. The van der Waals surface area contributed by atoms with Gasteiger partial charge in [-0.05, 0) is 78.6 Å². The number of hydrogen-bond donors (Lipinski definition) is 0. The number of aromatic nitrogens is 2. The second kappa shape index (κ2) is 11.8. The summed E-state index contributed by atoms with van der Waals surface area (Å²) in [6.45, 7) is 4.23. The van der Waals surface area contributed by atoms with Crippen molar-refractivity contribution in [1.82, 2.24) is 9.13 Å². The summed E-state index contributed by atoms with van der Waals surface area (Å²) in [5, 5.41) is 24.6. The first-order valence-corrected chi connectivity index (χ1v) is 16.3. The molecule has 4 heteroatoms. The van der Waals surface area contributed by atoms with Crippen LogP contribution in [0.3, 0.4) is 0 Å². The van der Waals surface area contributed by atoms with Crippen molar-refractivity contribution in [2.75, 3.05) is 0 Å². The smallest absolute Gasteiger partial charge is 0.101 e. The van der Waals surface area contributed by atoms with E-state index in [1.54, 1.807) is 0 Å². The first kappa shape index (κ1) is 29.1. The molecule has 0 spiro atoms. The Bertz CT molecular complexity index is 2520. The molecule has 0 fully saturated rings. The van der Waals surface area contributed by atoms with E-state index >= 15 is 0 Å². The summed E-state index contributed by atoms with van der Waals surface area (Å²) in [4.78, 5) is 0. The van der Waals surface area contributed by atoms with E-state index in [1.165, 1.54) is 10.9 Å². The van der Waals surface area contributed by atoms with E-state index < -0.39 is 0 Å². The highest BCUT2D eigenvalue weighted by molar-refractivity contribution is 6.09. The molecular weight excluding hydrogens is 585 g/mol. The molecule has 0 aliphatic heterocycles. The molecule has 0 N–H and O–H groups in total. The monoisotopic (exact) mass is 616 g/mol. The van der Waals surface area contributed by atoms with Gasteiger partial charge < -0.3 is 9.13 Å². The quantitative estimate of drug-likeness (QED) is 0.193. The van der Waals surface area contributed by atoms with Crippen LogP contribution in [0.25, 0.3) is 55.6 Å². The lowest BCUT2D eigenvalue weighted by Crippen LogP contribution is -2.19. The maximum absolute atomic E-state index is 10.6. The minimum absolute atomic E-state index is 0.0691. The van der Waals surface area contributed by atoms with E-state index in [1.807, 2.05) is 30.3 Å². The van der Waals surface area contributed by atoms with Crippen molar-refractivity contribution in [2.24, 2.45) is 0 Å².